The van der Waals surface area contributed by atoms with E-state index in [9.17, 15) is 4.39 Å². The molecule has 5 rings (SSSR count). The van der Waals surface area contributed by atoms with Crippen LogP contribution >= 0.6 is 0 Å². The number of rotatable bonds is 2. The molecule has 1 aromatic heterocycles. The average Bonchev–Trinajstić information content (AvgIpc) is 3.13. The number of hydrogen-bond donors (Lipinski definition) is 0. The second-order valence-corrected chi connectivity index (χ2v) is 9.72. The van der Waals surface area contributed by atoms with Crippen LogP contribution in [0.4, 0.5) is 4.39 Å². The molecule has 0 radical (unpaired) electrons. The maximum Gasteiger partial charge on any atom is 0.227 e. The number of aryl methyl sites for hydroxylation is 1. The average molecular weight is 404 g/mol. The minimum atomic E-state index is -0.244. The fraction of sp³-hybridized carbons (Fsp3) is 0.444. The van der Waals surface area contributed by atoms with Crippen LogP contribution < -0.4 is 0 Å². The van der Waals surface area contributed by atoms with Crippen molar-refractivity contribution in [2.75, 3.05) is 0 Å². The summed E-state index contributed by atoms with van der Waals surface area (Å²) in [6, 6.07) is 6.44. The Morgan fingerprint density at radius 3 is 2.50 bits per heavy atom. The maximum absolute atomic E-state index is 13.4. The van der Waals surface area contributed by atoms with Crippen molar-refractivity contribution >= 4 is 11.1 Å². The molecule has 0 saturated heterocycles. The van der Waals surface area contributed by atoms with Crippen molar-refractivity contribution < 1.29 is 8.81 Å². The molecule has 0 spiro atoms. The lowest BCUT2D eigenvalue weighted by Crippen LogP contribution is -2.28. The van der Waals surface area contributed by atoms with Gasteiger partial charge in [-0.25, -0.2) is 9.37 Å². The fourth-order valence-corrected chi connectivity index (χ4v) is 5.96. The van der Waals surface area contributed by atoms with Crippen LogP contribution in [0.25, 0.3) is 22.6 Å². The van der Waals surface area contributed by atoms with Gasteiger partial charge in [-0.1, -0.05) is 25.5 Å². The third kappa shape index (κ3) is 2.93. The number of hydrogen-bond acceptors (Lipinski definition) is 2. The number of fused-ring (bicyclic) bond motifs is 2. The zero-order chi connectivity index (χ0) is 21.2. The van der Waals surface area contributed by atoms with E-state index < -0.39 is 0 Å². The van der Waals surface area contributed by atoms with E-state index in [-0.39, 0.29) is 5.82 Å². The monoisotopic (exact) mass is 403 g/mol. The van der Waals surface area contributed by atoms with E-state index >= 15 is 0 Å². The molecular formula is C27H30FNO. The van der Waals surface area contributed by atoms with Gasteiger partial charge >= 0.3 is 0 Å². The zero-order valence-corrected chi connectivity index (χ0v) is 18.6. The first-order chi connectivity index (χ1) is 14.3. The normalized spacial score (nSPS) is 25.3. The lowest BCUT2D eigenvalue weighted by atomic mass is 9.62. The van der Waals surface area contributed by atoms with Crippen LogP contribution in [0.3, 0.4) is 0 Å². The molecule has 0 N–H and O–H groups in total. The van der Waals surface area contributed by atoms with E-state index in [4.69, 9.17) is 9.40 Å². The summed E-state index contributed by atoms with van der Waals surface area (Å²) in [7, 11) is 0. The Balaban J connectivity index is 1.82. The Kier molecular flexibility index (Phi) is 4.61. The Morgan fingerprint density at radius 1 is 1.07 bits per heavy atom. The Bertz CT molecular complexity index is 1150. The van der Waals surface area contributed by atoms with E-state index in [0.29, 0.717) is 29.6 Å². The van der Waals surface area contributed by atoms with Crippen LogP contribution in [0, 0.1) is 18.7 Å². The van der Waals surface area contributed by atoms with Gasteiger partial charge in [0.25, 0.3) is 0 Å². The first-order valence-corrected chi connectivity index (χ1v) is 11.2. The molecule has 2 aromatic carbocycles. The van der Waals surface area contributed by atoms with Gasteiger partial charge in [0.05, 0.1) is 0 Å². The van der Waals surface area contributed by atoms with Gasteiger partial charge < -0.3 is 4.42 Å². The largest absolute Gasteiger partial charge is 0.436 e. The van der Waals surface area contributed by atoms with Crippen LogP contribution in [-0.2, 0) is 0 Å². The van der Waals surface area contributed by atoms with E-state index in [2.05, 4.69) is 40.7 Å². The SMILES string of the molecule is CC(C)=C[C@@H]1C[C@H](C)C2CC[C@H](C)c3c2c1c(C)c1nc(-c2ccc(F)cc2)oc31. The number of aromatic nitrogens is 1. The summed E-state index contributed by atoms with van der Waals surface area (Å²) in [6.45, 7) is 11.4. The summed E-state index contributed by atoms with van der Waals surface area (Å²) in [4.78, 5) is 4.94. The summed E-state index contributed by atoms with van der Waals surface area (Å²) < 4.78 is 19.8. The molecule has 0 amide bonds. The minimum absolute atomic E-state index is 0.244. The standard InChI is InChI=1S/C27H30FNO/c1-14(2)12-19-13-16(4)21-11-6-15(3)22-24(21)23(19)17(5)25-26(22)30-27(29-25)18-7-9-20(28)10-8-18/h7-10,12,15-16,19,21H,6,11,13H2,1-5H3/t15-,16-,19+,21?/m0/s1. The van der Waals surface area contributed by atoms with Gasteiger partial charge in [0.15, 0.2) is 5.58 Å². The van der Waals surface area contributed by atoms with Crippen molar-refractivity contribution in [3.05, 3.63) is 64.0 Å². The van der Waals surface area contributed by atoms with Crippen molar-refractivity contribution in [3.63, 3.8) is 0 Å². The molecule has 30 heavy (non-hydrogen) atoms. The van der Waals surface area contributed by atoms with Crippen molar-refractivity contribution in [1.82, 2.24) is 4.98 Å². The second kappa shape index (κ2) is 7.08. The van der Waals surface area contributed by atoms with Gasteiger partial charge in [-0.3, -0.25) is 0 Å². The van der Waals surface area contributed by atoms with E-state index in [1.54, 1.807) is 17.7 Å². The van der Waals surface area contributed by atoms with Crippen molar-refractivity contribution in [2.24, 2.45) is 5.92 Å². The molecule has 0 fully saturated rings. The van der Waals surface area contributed by atoms with E-state index in [0.717, 1.165) is 16.7 Å². The topological polar surface area (TPSA) is 26.0 Å². The molecule has 0 saturated carbocycles. The third-order valence-corrected chi connectivity index (χ3v) is 7.29. The van der Waals surface area contributed by atoms with Crippen LogP contribution in [0.5, 0.6) is 0 Å². The minimum Gasteiger partial charge on any atom is -0.436 e. The third-order valence-electron chi connectivity index (χ3n) is 7.29. The number of allylic oxidation sites excluding steroid dienone is 2. The molecule has 0 aliphatic heterocycles. The smallest absolute Gasteiger partial charge is 0.227 e. The van der Waals surface area contributed by atoms with Gasteiger partial charge in [0.1, 0.15) is 11.3 Å². The van der Waals surface area contributed by atoms with Crippen LogP contribution in [0.1, 0.15) is 87.0 Å². The highest BCUT2D eigenvalue weighted by Crippen LogP contribution is 2.55. The Morgan fingerprint density at radius 2 is 1.80 bits per heavy atom. The molecule has 0 bridgehead atoms. The molecule has 2 aliphatic carbocycles. The van der Waals surface area contributed by atoms with Gasteiger partial charge in [-0.05, 0) is 98.7 Å². The number of halogens is 1. The molecule has 2 aliphatic rings. The van der Waals surface area contributed by atoms with Crippen molar-refractivity contribution in [1.29, 1.82) is 0 Å². The van der Waals surface area contributed by atoms with Gasteiger partial charge in [-0.15, -0.1) is 0 Å². The van der Waals surface area contributed by atoms with Crippen LogP contribution in [-0.4, -0.2) is 4.98 Å². The highest BCUT2D eigenvalue weighted by Gasteiger charge is 2.40. The lowest BCUT2D eigenvalue weighted by Gasteiger charge is -2.42. The highest BCUT2D eigenvalue weighted by molar-refractivity contribution is 5.87. The van der Waals surface area contributed by atoms with Gasteiger partial charge in [-0.2, -0.15) is 0 Å². The highest BCUT2D eigenvalue weighted by atomic mass is 19.1. The second-order valence-electron chi connectivity index (χ2n) is 9.72. The molecule has 4 atom stereocenters. The van der Waals surface area contributed by atoms with Crippen LogP contribution in [0.15, 0.2) is 40.3 Å². The molecule has 1 unspecified atom stereocenters. The van der Waals surface area contributed by atoms with Crippen molar-refractivity contribution in [3.8, 4) is 11.5 Å². The van der Waals surface area contributed by atoms with Crippen LogP contribution in [0.2, 0.25) is 0 Å². The van der Waals surface area contributed by atoms with Gasteiger partial charge in [0.2, 0.25) is 5.89 Å². The molecule has 156 valence electrons. The Hall–Kier alpha value is -2.42. The van der Waals surface area contributed by atoms with E-state index in [1.807, 2.05) is 0 Å². The number of oxazole rings is 1. The number of benzene rings is 2. The van der Waals surface area contributed by atoms with Gasteiger partial charge in [0, 0.05) is 17.0 Å². The summed E-state index contributed by atoms with van der Waals surface area (Å²) in [5.74, 6) is 2.52. The lowest BCUT2D eigenvalue weighted by molar-refractivity contribution is 0.332. The maximum atomic E-state index is 13.4. The first-order valence-electron chi connectivity index (χ1n) is 11.2. The zero-order valence-electron chi connectivity index (χ0n) is 18.6. The predicted octanol–water partition coefficient (Wildman–Crippen LogP) is 8.01. The first kappa shape index (κ1) is 19.5. The molecule has 3 heteroatoms. The quantitative estimate of drug-likeness (QED) is 0.405. The molecule has 1 heterocycles. The molecule has 2 nitrogen and oxygen atoms in total. The Labute approximate surface area is 178 Å². The summed E-state index contributed by atoms with van der Waals surface area (Å²) in [5, 5.41) is 0. The van der Waals surface area contributed by atoms with Crippen molar-refractivity contribution in [2.45, 2.75) is 71.6 Å². The fourth-order valence-electron chi connectivity index (χ4n) is 5.96. The summed E-state index contributed by atoms with van der Waals surface area (Å²) >= 11 is 0. The summed E-state index contributed by atoms with van der Waals surface area (Å²) in [5.41, 5.74) is 9.80. The molecule has 3 aromatic rings. The van der Waals surface area contributed by atoms with E-state index in [1.165, 1.54) is 53.7 Å². The molecular weight excluding hydrogens is 373 g/mol. The number of nitrogens with zero attached hydrogens (tertiary/aromatic N) is 1. The summed E-state index contributed by atoms with van der Waals surface area (Å²) in [6.07, 6.45) is 6.10. The predicted molar refractivity (Wildman–Crippen MR) is 120 cm³/mol.